The molecule has 0 spiro atoms. The summed E-state index contributed by atoms with van der Waals surface area (Å²) in [6.07, 6.45) is 6.70. The Bertz CT molecular complexity index is 535. The van der Waals surface area contributed by atoms with Crippen LogP contribution >= 0.6 is 0 Å². The molecule has 19 heavy (non-hydrogen) atoms. The van der Waals surface area contributed by atoms with E-state index in [1.54, 1.807) is 53.6 Å². The highest BCUT2D eigenvalue weighted by atomic mass is 16.2. The Kier molecular flexibility index (Phi) is 3.91. The lowest BCUT2D eigenvalue weighted by molar-refractivity contribution is 0.0748. The monoisotopic (exact) mass is 259 g/mol. The van der Waals surface area contributed by atoms with E-state index in [9.17, 15) is 4.79 Å². The van der Waals surface area contributed by atoms with Crippen LogP contribution < -0.4 is 5.73 Å². The number of aromatic nitrogens is 3. The Balaban J connectivity index is 2.17. The molecule has 6 nitrogen and oxygen atoms in total. The number of amides is 1. The third-order valence-electron chi connectivity index (χ3n) is 3.09. The Labute approximate surface area is 111 Å². The van der Waals surface area contributed by atoms with E-state index in [1.807, 2.05) is 6.92 Å². The molecule has 1 unspecified atom stereocenters. The third kappa shape index (κ3) is 2.79. The largest absolute Gasteiger partial charge is 0.338 e. The van der Waals surface area contributed by atoms with Crippen LogP contribution in [0.2, 0.25) is 0 Å². The minimum Gasteiger partial charge on any atom is -0.338 e. The Morgan fingerprint density at radius 3 is 2.84 bits per heavy atom. The van der Waals surface area contributed by atoms with Crippen LogP contribution in [0.15, 0.2) is 37.1 Å². The zero-order valence-electron chi connectivity index (χ0n) is 11.0. The summed E-state index contributed by atoms with van der Waals surface area (Å²) >= 11 is 0. The SMILES string of the molecule is CC(CN)N(C)C(=O)c1ccc(-n2ccnc2)nc1. The number of rotatable bonds is 4. The molecule has 0 aliphatic carbocycles. The molecule has 2 N–H and O–H groups in total. The molecule has 0 aliphatic heterocycles. The van der Waals surface area contributed by atoms with Gasteiger partial charge in [-0.2, -0.15) is 0 Å². The van der Waals surface area contributed by atoms with Crippen molar-refractivity contribution < 1.29 is 4.79 Å². The van der Waals surface area contributed by atoms with Crippen molar-refractivity contribution >= 4 is 5.91 Å². The number of nitrogens with two attached hydrogens (primary N) is 1. The molecule has 0 aromatic carbocycles. The summed E-state index contributed by atoms with van der Waals surface area (Å²) in [7, 11) is 1.74. The number of imidazole rings is 1. The van der Waals surface area contributed by atoms with Gasteiger partial charge in [-0.1, -0.05) is 0 Å². The molecule has 0 fully saturated rings. The molecular weight excluding hydrogens is 242 g/mol. The Morgan fingerprint density at radius 2 is 2.32 bits per heavy atom. The van der Waals surface area contributed by atoms with Crippen LogP contribution in [0.25, 0.3) is 5.82 Å². The molecule has 2 aromatic heterocycles. The minimum absolute atomic E-state index is 0.000764. The van der Waals surface area contributed by atoms with E-state index in [0.717, 1.165) is 5.82 Å². The van der Waals surface area contributed by atoms with Gasteiger partial charge in [0.15, 0.2) is 0 Å². The normalized spacial score (nSPS) is 12.2. The quantitative estimate of drug-likeness (QED) is 0.876. The lowest BCUT2D eigenvalue weighted by Gasteiger charge is -2.23. The molecule has 0 saturated heterocycles. The van der Waals surface area contributed by atoms with Crippen molar-refractivity contribution in [3.05, 3.63) is 42.6 Å². The third-order valence-corrected chi connectivity index (χ3v) is 3.09. The molecule has 2 aromatic rings. The Morgan fingerprint density at radius 1 is 1.53 bits per heavy atom. The van der Waals surface area contributed by atoms with Crippen LogP contribution in [-0.2, 0) is 0 Å². The van der Waals surface area contributed by atoms with Gasteiger partial charge in [-0.3, -0.25) is 9.36 Å². The van der Waals surface area contributed by atoms with Gasteiger partial charge in [-0.05, 0) is 19.1 Å². The number of likely N-dealkylation sites (N-methyl/N-ethyl adjacent to an activating group) is 1. The number of pyridine rings is 1. The number of carbonyl (C=O) groups is 1. The summed E-state index contributed by atoms with van der Waals surface area (Å²) in [5.74, 6) is 0.645. The van der Waals surface area contributed by atoms with Crippen molar-refractivity contribution in [1.29, 1.82) is 0 Å². The van der Waals surface area contributed by atoms with Crippen LogP contribution in [-0.4, -0.2) is 45.0 Å². The van der Waals surface area contributed by atoms with Gasteiger partial charge in [0, 0.05) is 38.2 Å². The summed E-state index contributed by atoms with van der Waals surface area (Å²) in [5, 5.41) is 0. The summed E-state index contributed by atoms with van der Waals surface area (Å²) in [6.45, 7) is 2.34. The number of carbonyl (C=O) groups excluding carboxylic acids is 1. The van der Waals surface area contributed by atoms with E-state index >= 15 is 0 Å². The van der Waals surface area contributed by atoms with E-state index in [1.165, 1.54) is 0 Å². The molecule has 100 valence electrons. The highest BCUT2D eigenvalue weighted by Gasteiger charge is 2.16. The standard InChI is InChI=1S/C13H17N5O/c1-10(7-14)17(2)13(19)11-3-4-12(16-8-11)18-6-5-15-9-18/h3-6,8-10H,7,14H2,1-2H3. The smallest absolute Gasteiger partial charge is 0.255 e. The van der Waals surface area contributed by atoms with Gasteiger partial charge in [-0.15, -0.1) is 0 Å². The second-order valence-corrected chi connectivity index (χ2v) is 4.38. The van der Waals surface area contributed by atoms with Gasteiger partial charge < -0.3 is 10.6 Å². The molecule has 0 aliphatic rings. The summed E-state index contributed by atoms with van der Waals surface area (Å²) in [6, 6.07) is 3.54. The molecule has 1 amide bonds. The van der Waals surface area contributed by atoms with Gasteiger partial charge in [0.1, 0.15) is 12.1 Å². The highest BCUT2D eigenvalue weighted by molar-refractivity contribution is 5.94. The second-order valence-electron chi connectivity index (χ2n) is 4.38. The average molecular weight is 259 g/mol. The van der Waals surface area contributed by atoms with Crippen molar-refractivity contribution in [2.24, 2.45) is 5.73 Å². The fourth-order valence-corrected chi connectivity index (χ4v) is 1.62. The first kappa shape index (κ1) is 13.2. The van der Waals surface area contributed by atoms with Crippen molar-refractivity contribution in [3.8, 4) is 5.82 Å². The summed E-state index contributed by atoms with van der Waals surface area (Å²) in [5.41, 5.74) is 6.11. The van der Waals surface area contributed by atoms with E-state index in [0.29, 0.717) is 12.1 Å². The first-order valence-corrected chi connectivity index (χ1v) is 6.05. The summed E-state index contributed by atoms with van der Waals surface area (Å²) < 4.78 is 1.78. The fourth-order valence-electron chi connectivity index (χ4n) is 1.62. The predicted octanol–water partition coefficient (Wildman–Crippen LogP) is 0.686. The summed E-state index contributed by atoms with van der Waals surface area (Å²) in [4.78, 5) is 22.0. The minimum atomic E-state index is -0.0809. The van der Waals surface area contributed by atoms with Crippen molar-refractivity contribution in [1.82, 2.24) is 19.4 Å². The van der Waals surface area contributed by atoms with E-state index < -0.39 is 0 Å². The zero-order chi connectivity index (χ0) is 13.8. The zero-order valence-corrected chi connectivity index (χ0v) is 11.0. The molecule has 0 bridgehead atoms. The van der Waals surface area contributed by atoms with Crippen LogP contribution in [0.3, 0.4) is 0 Å². The maximum absolute atomic E-state index is 12.2. The number of nitrogens with zero attached hydrogens (tertiary/aromatic N) is 4. The molecular formula is C13H17N5O. The average Bonchev–Trinajstić information content (AvgIpc) is 2.99. The van der Waals surface area contributed by atoms with E-state index in [2.05, 4.69) is 9.97 Å². The molecule has 2 rings (SSSR count). The van der Waals surface area contributed by atoms with Gasteiger partial charge in [0.05, 0.1) is 5.56 Å². The maximum atomic E-state index is 12.2. The molecule has 0 radical (unpaired) electrons. The lowest BCUT2D eigenvalue weighted by Crippen LogP contribution is -2.39. The second kappa shape index (κ2) is 5.62. The van der Waals surface area contributed by atoms with Gasteiger partial charge in [0.25, 0.3) is 5.91 Å². The molecule has 1 atom stereocenters. The van der Waals surface area contributed by atoms with Gasteiger partial charge in [0.2, 0.25) is 0 Å². The van der Waals surface area contributed by atoms with E-state index in [-0.39, 0.29) is 11.9 Å². The van der Waals surface area contributed by atoms with Crippen molar-refractivity contribution in [2.45, 2.75) is 13.0 Å². The molecule has 0 saturated carbocycles. The maximum Gasteiger partial charge on any atom is 0.255 e. The van der Waals surface area contributed by atoms with Crippen LogP contribution in [0, 0.1) is 0 Å². The lowest BCUT2D eigenvalue weighted by atomic mass is 10.2. The predicted molar refractivity (Wildman–Crippen MR) is 72.0 cm³/mol. The molecule has 6 heteroatoms. The number of hydrogen-bond donors (Lipinski definition) is 1. The highest BCUT2D eigenvalue weighted by Crippen LogP contribution is 2.08. The van der Waals surface area contributed by atoms with Gasteiger partial charge in [-0.25, -0.2) is 9.97 Å². The Hall–Kier alpha value is -2.21. The molecule has 2 heterocycles. The number of hydrogen-bond acceptors (Lipinski definition) is 4. The van der Waals surface area contributed by atoms with Crippen LogP contribution in [0.4, 0.5) is 0 Å². The van der Waals surface area contributed by atoms with Crippen molar-refractivity contribution in [2.75, 3.05) is 13.6 Å². The van der Waals surface area contributed by atoms with Crippen LogP contribution in [0.5, 0.6) is 0 Å². The fraction of sp³-hybridized carbons (Fsp3) is 0.308. The van der Waals surface area contributed by atoms with E-state index in [4.69, 9.17) is 5.73 Å². The van der Waals surface area contributed by atoms with Gasteiger partial charge >= 0.3 is 0 Å². The topological polar surface area (TPSA) is 77.0 Å². The van der Waals surface area contributed by atoms with Crippen molar-refractivity contribution in [3.63, 3.8) is 0 Å². The van der Waals surface area contributed by atoms with Crippen LogP contribution in [0.1, 0.15) is 17.3 Å². The first-order chi connectivity index (χ1) is 9.13. The first-order valence-electron chi connectivity index (χ1n) is 6.05.